The van der Waals surface area contributed by atoms with E-state index in [2.05, 4.69) is 26.5 Å². The van der Waals surface area contributed by atoms with Crippen LogP contribution in [0.5, 0.6) is 0 Å². The molecule has 1 aliphatic rings. The number of aromatic nitrogens is 2. The van der Waals surface area contributed by atoms with Gasteiger partial charge in [-0.1, -0.05) is 56.6 Å². The number of amides is 2. The third-order valence-corrected chi connectivity index (χ3v) is 8.71. The van der Waals surface area contributed by atoms with Gasteiger partial charge in [-0.2, -0.15) is 10.4 Å². The molecule has 4 rings (SSSR count). The van der Waals surface area contributed by atoms with Crippen LogP contribution < -0.4 is 15.4 Å². The molecule has 1 unspecified atom stereocenters. The normalized spacial score (nSPS) is 14.5. The molecular formula is C27H31ClN6O4S. The number of benzene rings is 2. The van der Waals surface area contributed by atoms with Crippen molar-refractivity contribution < 1.29 is 18.0 Å². The first-order valence-electron chi connectivity index (χ1n) is 12.6. The topological polar surface area (TPSA) is 146 Å². The van der Waals surface area contributed by atoms with Crippen LogP contribution in [0.25, 0.3) is 10.9 Å². The Kier molecular flexibility index (Phi) is 8.30. The minimum atomic E-state index is -3.34. The summed E-state index contributed by atoms with van der Waals surface area (Å²) in [5, 5.41) is 19.8. The Bertz CT molecular complexity index is 1530. The maximum atomic E-state index is 13.5. The van der Waals surface area contributed by atoms with Crippen molar-refractivity contribution in [3.05, 3.63) is 64.3 Å². The SMILES string of the molecule is CC(C)(C)C(NC(=O)c1nn(Cc2ccc(C#N)cc2)c2c(Cl)cccc12)C(=O)NCCNS(=O)(=O)C1CC1. The second-order valence-electron chi connectivity index (χ2n) is 10.7. The zero-order chi connectivity index (χ0) is 28.4. The molecular weight excluding hydrogens is 540 g/mol. The van der Waals surface area contributed by atoms with E-state index in [0.717, 1.165) is 5.56 Å². The van der Waals surface area contributed by atoms with Crippen LogP contribution in [0, 0.1) is 16.7 Å². The second kappa shape index (κ2) is 11.3. The third-order valence-electron chi connectivity index (χ3n) is 6.45. The molecule has 1 aliphatic carbocycles. The summed E-state index contributed by atoms with van der Waals surface area (Å²) in [6.07, 6.45) is 1.31. The van der Waals surface area contributed by atoms with Gasteiger partial charge in [-0.25, -0.2) is 13.1 Å². The van der Waals surface area contributed by atoms with Gasteiger partial charge in [0.2, 0.25) is 15.9 Å². The van der Waals surface area contributed by atoms with Crippen molar-refractivity contribution in [3.63, 3.8) is 0 Å². The van der Waals surface area contributed by atoms with Gasteiger partial charge < -0.3 is 10.6 Å². The van der Waals surface area contributed by atoms with Crippen LogP contribution in [0.4, 0.5) is 0 Å². The number of nitrogens with one attached hydrogen (secondary N) is 3. The van der Waals surface area contributed by atoms with Crippen molar-refractivity contribution in [2.24, 2.45) is 5.41 Å². The van der Waals surface area contributed by atoms with Crippen molar-refractivity contribution in [2.75, 3.05) is 13.1 Å². The Morgan fingerprint density at radius 2 is 1.85 bits per heavy atom. The molecule has 0 radical (unpaired) electrons. The van der Waals surface area contributed by atoms with Crippen molar-refractivity contribution >= 4 is 44.3 Å². The van der Waals surface area contributed by atoms with Crippen LogP contribution in [0.15, 0.2) is 42.5 Å². The van der Waals surface area contributed by atoms with Gasteiger partial charge in [0.15, 0.2) is 5.69 Å². The molecule has 2 aromatic carbocycles. The average Bonchev–Trinajstić information content (AvgIpc) is 3.68. The van der Waals surface area contributed by atoms with Crippen LogP contribution in [-0.4, -0.2) is 54.4 Å². The van der Waals surface area contributed by atoms with Crippen LogP contribution in [0.3, 0.4) is 0 Å². The highest BCUT2D eigenvalue weighted by Gasteiger charge is 2.36. The molecule has 1 atom stereocenters. The summed E-state index contributed by atoms with van der Waals surface area (Å²) >= 11 is 6.50. The summed E-state index contributed by atoms with van der Waals surface area (Å²) in [5.74, 6) is -0.967. The van der Waals surface area contributed by atoms with Crippen molar-refractivity contribution in [1.82, 2.24) is 25.1 Å². The Labute approximate surface area is 232 Å². The van der Waals surface area contributed by atoms with E-state index in [1.54, 1.807) is 35.0 Å². The predicted molar refractivity (Wildman–Crippen MR) is 149 cm³/mol. The molecule has 1 saturated carbocycles. The average molecular weight is 571 g/mol. The zero-order valence-electron chi connectivity index (χ0n) is 22.0. The molecule has 0 spiro atoms. The first kappa shape index (κ1) is 28.5. The molecule has 1 aromatic heterocycles. The quantitative estimate of drug-likeness (QED) is 0.319. The van der Waals surface area contributed by atoms with Gasteiger partial charge in [0.05, 0.1) is 34.0 Å². The van der Waals surface area contributed by atoms with E-state index in [4.69, 9.17) is 16.9 Å². The van der Waals surface area contributed by atoms with Gasteiger partial charge in [-0.05, 0) is 42.0 Å². The zero-order valence-corrected chi connectivity index (χ0v) is 23.6. The number of rotatable bonds is 10. The highest BCUT2D eigenvalue weighted by molar-refractivity contribution is 7.90. The summed E-state index contributed by atoms with van der Waals surface area (Å²) in [6.45, 7) is 5.95. The lowest BCUT2D eigenvalue weighted by atomic mass is 9.86. The van der Waals surface area contributed by atoms with Crippen molar-refractivity contribution in [3.8, 4) is 6.07 Å². The standard InChI is InChI=1S/C27H31ClN6O4S/c1-27(2,3)24(26(36)30-13-14-31-39(37,38)19-11-12-19)32-25(35)22-20-5-4-6-21(28)23(20)34(33-22)16-18-9-7-17(15-29)8-10-18/h4-10,19,24,31H,11-14,16H2,1-3H3,(H,30,36)(H,32,35). The fourth-order valence-electron chi connectivity index (χ4n) is 4.19. The highest BCUT2D eigenvalue weighted by atomic mass is 35.5. The number of para-hydroxylation sites is 1. The van der Waals surface area contributed by atoms with Crippen LogP contribution in [-0.2, 0) is 21.4 Å². The molecule has 12 heteroatoms. The number of hydrogen-bond acceptors (Lipinski definition) is 6. The second-order valence-corrected chi connectivity index (χ2v) is 13.1. The lowest BCUT2D eigenvalue weighted by molar-refractivity contribution is -0.125. The van der Waals surface area contributed by atoms with E-state index in [-0.39, 0.29) is 24.0 Å². The maximum absolute atomic E-state index is 13.5. The first-order chi connectivity index (χ1) is 18.4. The summed E-state index contributed by atoms with van der Waals surface area (Å²) in [6, 6.07) is 13.4. The number of carbonyl (C=O) groups excluding carboxylic acids is 2. The first-order valence-corrected chi connectivity index (χ1v) is 14.5. The van der Waals surface area contributed by atoms with E-state index >= 15 is 0 Å². The molecule has 2 amide bonds. The Hall–Kier alpha value is -3.46. The number of nitrogens with zero attached hydrogens (tertiary/aromatic N) is 3. The monoisotopic (exact) mass is 570 g/mol. The van der Waals surface area contributed by atoms with E-state index in [0.29, 0.717) is 40.9 Å². The Morgan fingerprint density at radius 1 is 1.15 bits per heavy atom. The largest absolute Gasteiger partial charge is 0.353 e. The minimum absolute atomic E-state index is 0.0677. The van der Waals surface area contributed by atoms with E-state index in [1.807, 2.05) is 32.9 Å². The van der Waals surface area contributed by atoms with E-state index < -0.39 is 33.3 Å². The molecule has 0 aliphatic heterocycles. The number of halogens is 1. The fourth-order valence-corrected chi connectivity index (χ4v) is 5.84. The summed E-state index contributed by atoms with van der Waals surface area (Å²) in [7, 11) is -3.34. The Balaban J connectivity index is 1.51. The maximum Gasteiger partial charge on any atom is 0.273 e. The van der Waals surface area contributed by atoms with Crippen LogP contribution in [0.2, 0.25) is 5.02 Å². The summed E-state index contributed by atoms with van der Waals surface area (Å²) < 4.78 is 28.1. The predicted octanol–water partition coefficient (Wildman–Crippen LogP) is 2.95. The number of sulfonamides is 1. The van der Waals surface area contributed by atoms with Gasteiger partial charge in [-0.15, -0.1) is 0 Å². The molecule has 0 bridgehead atoms. The van der Waals surface area contributed by atoms with Gasteiger partial charge in [0, 0.05) is 18.5 Å². The fraction of sp³-hybridized carbons (Fsp3) is 0.407. The Morgan fingerprint density at radius 3 is 2.46 bits per heavy atom. The minimum Gasteiger partial charge on any atom is -0.353 e. The number of carbonyl (C=O) groups is 2. The molecule has 3 N–H and O–H groups in total. The highest BCUT2D eigenvalue weighted by Crippen LogP contribution is 2.28. The summed E-state index contributed by atoms with van der Waals surface area (Å²) in [4.78, 5) is 26.6. The number of fused-ring (bicyclic) bond motifs is 1. The molecule has 1 fully saturated rings. The van der Waals surface area contributed by atoms with E-state index in [1.165, 1.54) is 0 Å². The molecule has 206 valence electrons. The lowest BCUT2D eigenvalue weighted by Crippen LogP contribution is -2.54. The molecule has 3 aromatic rings. The number of hydrogen-bond donors (Lipinski definition) is 3. The number of nitriles is 1. The smallest absolute Gasteiger partial charge is 0.273 e. The molecule has 39 heavy (non-hydrogen) atoms. The van der Waals surface area contributed by atoms with Crippen LogP contribution in [0.1, 0.15) is 55.2 Å². The van der Waals surface area contributed by atoms with Gasteiger partial charge in [-0.3, -0.25) is 14.3 Å². The molecule has 1 heterocycles. The lowest BCUT2D eigenvalue weighted by Gasteiger charge is -2.30. The van der Waals surface area contributed by atoms with Crippen molar-refractivity contribution in [1.29, 1.82) is 5.26 Å². The molecule has 10 nitrogen and oxygen atoms in total. The van der Waals surface area contributed by atoms with E-state index in [9.17, 15) is 18.0 Å². The molecule has 0 saturated heterocycles. The van der Waals surface area contributed by atoms with Gasteiger partial charge in [0.25, 0.3) is 5.91 Å². The van der Waals surface area contributed by atoms with Crippen molar-refractivity contribution in [2.45, 2.75) is 51.4 Å². The van der Waals surface area contributed by atoms with Gasteiger partial charge >= 0.3 is 0 Å². The van der Waals surface area contributed by atoms with Crippen LogP contribution >= 0.6 is 11.6 Å². The summed E-state index contributed by atoms with van der Waals surface area (Å²) in [5.41, 5.74) is 1.46. The third kappa shape index (κ3) is 6.76. The van der Waals surface area contributed by atoms with Gasteiger partial charge in [0.1, 0.15) is 6.04 Å².